The van der Waals surface area contributed by atoms with Gasteiger partial charge in [-0.1, -0.05) is 26.0 Å². The van der Waals surface area contributed by atoms with Gasteiger partial charge in [0.2, 0.25) is 5.91 Å². The molecule has 0 saturated carbocycles. The van der Waals surface area contributed by atoms with Gasteiger partial charge in [0.05, 0.1) is 5.56 Å². The smallest absolute Gasteiger partial charge is 0.255 e. The summed E-state index contributed by atoms with van der Waals surface area (Å²) in [5.74, 6) is -0.529. The quantitative estimate of drug-likeness (QED) is 0.679. The van der Waals surface area contributed by atoms with E-state index in [1.807, 2.05) is 0 Å². The number of phenolic OH excluding ortho intramolecular Hbond substituents is 1. The summed E-state index contributed by atoms with van der Waals surface area (Å²) in [5, 5.41) is 14.8. The summed E-state index contributed by atoms with van der Waals surface area (Å²) in [5.41, 5.74) is 0.229. The van der Waals surface area contributed by atoms with Crippen molar-refractivity contribution in [2.24, 2.45) is 5.92 Å². The lowest BCUT2D eigenvalue weighted by Gasteiger charge is -2.09. The van der Waals surface area contributed by atoms with Gasteiger partial charge < -0.3 is 15.7 Å². The van der Waals surface area contributed by atoms with Gasteiger partial charge in [0.15, 0.2) is 0 Å². The van der Waals surface area contributed by atoms with Crippen LogP contribution in [-0.2, 0) is 4.79 Å². The molecule has 0 spiro atoms. The number of phenols is 1. The van der Waals surface area contributed by atoms with Crippen molar-refractivity contribution in [3.05, 3.63) is 29.8 Å². The highest BCUT2D eigenvalue weighted by Crippen LogP contribution is 2.14. The molecule has 1 aromatic rings. The van der Waals surface area contributed by atoms with Crippen LogP contribution in [0.25, 0.3) is 0 Å². The van der Waals surface area contributed by atoms with E-state index in [0.29, 0.717) is 13.1 Å². The Hall–Kier alpha value is -2.04. The molecule has 0 bridgehead atoms. The summed E-state index contributed by atoms with van der Waals surface area (Å²) >= 11 is 0. The second kappa shape index (κ2) is 6.64. The average molecular weight is 250 g/mol. The largest absolute Gasteiger partial charge is 0.507 e. The Bertz CT molecular complexity index is 430. The number of hydrogen-bond donors (Lipinski definition) is 3. The molecule has 0 aliphatic carbocycles. The van der Waals surface area contributed by atoms with Crippen LogP contribution in [0.15, 0.2) is 24.3 Å². The van der Waals surface area contributed by atoms with E-state index in [9.17, 15) is 14.7 Å². The molecule has 0 aromatic heterocycles. The van der Waals surface area contributed by atoms with E-state index in [2.05, 4.69) is 10.6 Å². The fourth-order valence-corrected chi connectivity index (χ4v) is 1.33. The number of aromatic hydroxyl groups is 1. The van der Waals surface area contributed by atoms with Gasteiger partial charge in [0, 0.05) is 19.0 Å². The molecular weight excluding hydrogens is 232 g/mol. The minimum Gasteiger partial charge on any atom is -0.507 e. The molecule has 98 valence electrons. The number of carbonyl (C=O) groups is 2. The maximum absolute atomic E-state index is 11.7. The van der Waals surface area contributed by atoms with E-state index in [4.69, 9.17) is 0 Å². The first-order valence-electron chi connectivity index (χ1n) is 5.86. The summed E-state index contributed by atoms with van der Waals surface area (Å²) in [4.78, 5) is 22.9. The van der Waals surface area contributed by atoms with E-state index in [0.717, 1.165) is 0 Å². The van der Waals surface area contributed by atoms with Crippen molar-refractivity contribution in [3.8, 4) is 5.75 Å². The number of para-hydroxylation sites is 1. The lowest BCUT2D eigenvalue weighted by Crippen LogP contribution is -2.36. The van der Waals surface area contributed by atoms with Crippen LogP contribution >= 0.6 is 0 Å². The molecule has 0 unspecified atom stereocenters. The first kappa shape index (κ1) is 14.0. The number of benzene rings is 1. The fourth-order valence-electron chi connectivity index (χ4n) is 1.33. The van der Waals surface area contributed by atoms with Crippen LogP contribution in [0.3, 0.4) is 0 Å². The van der Waals surface area contributed by atoms with Crippen LogP contribution in [0.4, 0.5) is 0 Å². The van der Waals surface area contributed by atoms with Crippen molar-refractivity contribution >= 4 is 11.8 Å². The van der Waals surface area contributed by atoms with Gasteiger partial charge in [-0.2, -0.15) is 0 Å². The summed E-state index contributed by atoms with van der Waals surface area (Å²) in [6.07, 6.45) is 0. The predicted octanol–water partition coefficient (Wildman–Crippen LogP) is 0.894. The molecule has 1 aromatic carbocycles. The van der Waals surface area contributed by atoms with Gasteiger partial charge in [-0.15, -0.1) is 0 Å². The van der Waals surface area contributed by atoms with Gasteiger partial charge in [-0.3, -0.25) is 9.59 Å². The van der Waals surface area contributed by atoms with E-state index >= 15 is 0 Å². The molecule has 1 rings (SSSR count). The third kappa shape index (κ3) is 4.08. The minimum atomic E-state index is -0.355. The van der Waals surface area contributed by atoms with Crippen molar-refractivity contribution < 1.29 is 14.7 Å². The van der Waals surface area contributed by atoms with Gasteiger partial charge in [-0.05, 0) is 12.1 Å². The zero-order valence-corrected chi connectivity index (χ0v) is 10.6. The van der Waals surface area contributed by atoms with Gasteiger partial charge in [-0.25, -0.2) is 0 Å². The third-order valence-corrected chi connectivity index (χ3v) is 2.38. The maximum atomic E-state index is 11.7. The lowest BCUT2D eigenvalue weighted by atomic mass is 10.2. The van der Waals surface area contributed by atoms with E-state index in [1.54, 1.807) is 26.0 Å². The van der Waals surface area contributed by atoms with Crippen LogP contribution in [-0.4, -0.2) is 30.0 Å². The van der Waals surface area contributed by atoms with Crippen molar-refractivity contribution in [2.45, 2.75) is 13.8 Å². The second-order valence-corrected chi connectivity index (χ2v) is 4.22. The molecule has 18 heavy (non-hydrogen) atoms. The van der Waals surface area contributed by atoms with Crippen LogP contribution in [0.2, 0.25) is 0 Å². The summed E-state index contributed by atoms with van der Waals surface area (Å²) in [6.45, 7) is 4.30. The molecule has 0 radical (unpaired) electrons. The lowest BCUT2D eigenvalue weighted by molar-refractivity contribution is -0.123. The molecule has 2 amide bonds. The van der Waals surface area contributed by atoms with E-state index in [1.165, 1.54) is 12.1 Å². The van der Waals surface area contributed by atoms with Gasteiger partial charge >= 0.3 is 0 Å². The van der Waals surface area contributed by atoms with Crippen LogP contribution in [0, 0.1) is 5.92 Å². The minimum absolute atomic E-state index is 0.0493. The first-order chi connectivity index (χ1) is 8.52. The third-order valence-electron chi connectivity index (χ3n) is 2.38. The highest BCUT2D eigenvalue weighted by atomic mass is 16.3. The molecule has 0 atom stereocenters. The Kier molecular flexibility index (Phi) is 5.17. The highest BCUT2D eigenvalue weighted by Gasteiger charge is 2.09. The Balaban J connectivity index is 2.35. The van der Waals surface area contributed by atoms with Crippen LogP contribution < -0.4 is 10.6 Å². The number of amides is 2. The Morgan fingerprint density at radius 1 is 1.17 bits per heavy atom. The maximum Gasteiger partial charge on any atom is 0.255 e. The van der Waals surface area contributed by atoms with Gasteiger partial charge in [0.25, 0.3) is 5.91 Å². The highest BCUT2D eigenvalue weighted by molar-refractivity contribution is 5.96. The number of rotatable bonds is 5. The van der Waals surface area contributed by atoms with Crippen LogP contribution in [0.1, 0.15) is 24.2 Å². The number of hydrogen-bond acceptors (Lipinski definition) is 3. The molecule has 0 fully saturated rings. The van der Waals surface area contributed by atoms with Crippen molar-refractivity contribution in [1.82, 2.24) is 10.6 Å². The molecule has 3 N–H and O–H groups in total. The Labute approximate surface area is 106 Å². The summed E-state index contributed by atoms with van der Waals surface area (Å²) in [7, 11) is 0. The molecule has 0 aliphatic heterocycles. The summed E-state index contributed by atoms with van der Waals surface area (Å²) in [6, 6.07) is 6.32. The monoisotopic (exact) mass is 250 g/mol. The molecule has 0 aliphatic rings. The standard InChI is InChI=1S/C13H18N2O3/c1-9(2)12(17)14-7-8-15-13(18)10-5-3-4-6-11(10)16/h3-6,9,16H,7-8H2,1-2H3,(H,14,17)(H,15,18). The zero-order chi connectivity index (χ0) is 13.5. The van der Waals surface area contributed by atoms with Crippen molar-refractivity contribution in [1.29, 1.82) is 0 Å². The molecular formula is C13H18N2O3. The predicted molar refractivity (Wildman–Crippen MR) is 68.3 cm³/mol. The topological polar surface area (TPSA) is 78.4 Å². The van der Waals surface area contributed by atoms with Gasteiger partial charge in [0.1, 0.15) is 5.75 Å². The Morgan fingerprint density at radius 3 is 2.39 bits per heavy atom. The van der Waals surface area contributed by atoms with Crippen molar-refractivity contribution in [2.75, 3.05) is 13.1 Å². The molecule has 5 nitrogen and oxygen atoms in total. The number of carbonyl (C=O) groups excluding carboxylic acids is 2. The molecule has 0 heterocycles. The zero-order valence-electron chi connectivity index (χ0n) is 10.6. The normalized spacial score (nSPS) is 10.2. The molecule has 0 saturated heterocycles. The Morgan fingerprint density at radius 2 is 1.78 bits per heavy atom. The summed E-state index contributed by atoms with van der Waals surface area (Å²) < 4.78 is 0. The van der Waals surface area contributed by atoms with E-state index in [-0.39, 0.29) is 29.0 Å². The average Bonchev–Trinajstić information content (AvgIpc) is 2.34. The number of nitrogens with one attached hydrogen (secondary N) is 2. The molecule has 5 heteroatoms. The van der Waals surface area contributed by atoms with Crippen LogP contribution in [0.5, 0.6) is 5.75 Å². The second-order valence-electron chi connectivity index (χ2n) is 4.22. The van der Waals surface area contributed by atoms with E-state index < -0.39 is 0 Å². The first-order valence-corrected chi connectivity index (χ1v) is 5.86. The fraction of sp³-hybridized carbons (Fsp3) is 0.385. The van der Waals surface area contributed by atoms with Crippen molar-refractivity contribution in [3.63, 3.8) is 0 Å². The SMILES string of the molecule is CC(C)C(=O)NCCNC(=O)c1ccccc1O.